The summed E-state index contributed by atoms with van der Waals surface area (Å²) in [4.78, 5) is 9.25. The van der Waals surface area contributed by atoms with E-state index in [4.69, 9.17) is 4.42 Å². The lowest BCUT2D eigenvalue weighted by Crippen LogP contribution is -1.86. The van der Waals surface area contributed by atoms with Gasteiger partial charge in [-0.1, -0.05) is 49.4 Å². The molecule has 0 spiro atoms. The number of nitrogens with zero attached hydrogens (tertiary/aromatic N) is 2. The Hall–Kier alpha value is -3.92. The molecule has 5 aromatic rings. The molecule has 1 aromatic heterocycles. The summed E-state index contributed by atoms with van der Waals surface area (Å²) < 4.78 is 5.95. The lowest BCUT2D eigenvalue weighted by Gasteiger charge is -2.04. The van der Waals surface area contributed by atoms with Crippen molar-refractivity contribution >= 4 is 33.8 Å². The van der Waals surface area contributed by atoms with Gasteiger partial charge in [0.25, 0.3) is 0 Å². The van der Waals surface area contributed by atoms with E-state index in [1.165, 1.54) is 5.56 Å². The van der Waals surface area contributed by atoms with Crippen LogP contribution in [-0.2, 0) is 6.42 Å². The van der Waals surface area contributed by atoms with Gasteiger partial charge in [-0.3, -0.25) is 4.99 Å². The van der Waals surface area contributed by atoms with Crippen molar-refractivity contribution in [1.29, 1.82) is 0 Å². The highest BCUT2D eigenvalue weighted by atomic mass is 16.3. The SMILES string of the molecule is CCc1ccc2oc(-c3cccc(N=Cc4c(O)ccc5ccccc45)c3)nc2c1. The number of hydrogen-bond donors (Lipinski definition) is 1. The Morgan fingerprint density at radius 2 is 1.87 bits per heavy atom. The maximum absolute atomic E-state index is 10.3. The van der Waals surface area contributed by atoms with Crippen molar-refractivity contribution in [3.05, 3.63) is 90.0 Å². The summed E-state index contributed by atoms with van der Waals surface area (Å²) in [5.74, 6) is 0.780. The number of fused-ring (bicyclic) bond motifs is 2. The van der Waals surface area contributed by atoms with Crippen LogP contribution in [0.1, 0.15) is 18.1 Å². The Kier molecular flexibility index (Phi) is 4.52. The van der Waals surface area contributed by atoms with Gasteiger partial charge in [-0.2, -0.15) is 0 Å². The molecule has 0 unspecified atom stereocenters. The van der Waals surface area contributed by atoms with Crippen molar-refractivity contribution in [3.8, 4) is 17.2 Å². The molecule has 0 saturated heterocycles. The fourth-order valence-corrected chi connectivity index (χ4v) is 3.59. The van der Waals surface area contributed by atoms with E-state index in [-0.39, 0.29) is 5.75 Å². The summed E-state index contributed by atoms with van der Waals surface area (Å²) in [6.07, 6.45) is 2.67. The molecule has 5 rings (SSSR count). The first-order valence-electron chi connectivity index (χ1n) is 9.96. The van der Waals surface area contributed by atoms with E-state index < -0.39 is 0 Å². The highest BCUT2D eigenvalue weighted by Crippen LogP contribution is 2.29. The lowest BCUT2D eigenvalue weighted by atomic mass is 10.0. The Bertz CT molecular complexity index is 1400. The Morgan fingerprint density at radius 1 is 0.967 bits per heavy atom. The number of rotatable bonds is 4. The first kappa shape index (κ1) is 18.1. The summed E-state index contributed by atoms with van der Waals surface area (Å²) in [6.45, 7) is 2.12. The molecule has 0 saturated carbocycles. The lowest BCUT2D eigenvalue weighted by molar-refractivity contribution is 0.475. The number of oxazole rings is 1. The van der Waals surface area contributed by atoms with Crippen LogP contribution < -0.4 is 0 Å². The van der Waals surface area contributed by atoms with Gasteiger partial charge in [0.2, 0.25) is 5.89 Å². The minimum absolute atomic E-state index is 0.208. The van der Waals surface area contributed by atoms with Crippen LogP contribution in [0.5, 0.6) is 5.75 Å². The van der Waals surface area contributed by atoms with Crippen molar-refractivity contribution in [2.45, 2.75) is 13.3 Å². The van der Waals surface area contributed by atoms with E-state index in [1.54, 1.807) is 12.3 Å². The van der Waals surface area contributed by atoms with Crippen LogP contribution in [0.2, 0.25) is 0 Å². The fraction of sp³-hybridized carbons (Fsp3) is 0.0769. The smallest absolute Gasteiger partial charge is 0.227 e. The molecule has 146 valence electrons. The normalized spacial score (nSPS) is 11.6. The van der Waals surface area contributed by atoms with Crippen molar-refractivity contribution in [2.24, 2.45) is 4.99 Å². The second-order valence-corrected chi connectivity index (χ2v) is 7.20. The Balaban J connectivity index is 1.51. The largest absolute Gasteiger partial charge is 0.507 e. The summed E-state index contributed by atoms with van der Waals surface area (Å²) in [5.41, 5.74) is 5.19. The number of hydrogen-bond acceptors (Lipinski definition) is 4. The third kappa shape index (κ3) is 3.33. The third-order valence-corrected chi connectivity index (χ3v) is 5.24. The molecule has 30 heavy (non-hydrogen) atoms. The van der Waals surface area contributed by atoms with Gasteiger partial charge >= 0.3 is 0 Å². The summed E-state index contributed by atoms with van der Waals surface area (Å²) in [6, 6.07) is 25.4. The molecule has 4 aromatic carbocycles. The van der Waals surface area contributed by atoms with Gasteiger partial charge in [0, 0.05) is 17.3 Å². The topological polar surface area (TPSA) is 58.6 Å². The van der Waals surface area contributed by atoms with Crippen LogP contribution in [0.3, 0.4) is 0 Å². The molecular weight excluding hydrogens is 372 g/mol. The zero-order valence-electron chi connectivity index (χ0n) is 16.5. The van der Waals surface area contributed by atoms with E-state index >= 15 is 0 Å². The molecule has 0 atom stereocenters. The summed E-state index contributed by atoms with van der Waals surface area (Å²) in [7, 11) is 0. The van der Waals surface area contributed by atoms with E-state index in [0.717, 1.165) is 39.5 Å². The minimum Gasteiger partial charge on any atom is -0.507 e. The molecule has 0 aliphatic heterocycles. The van der Waals surface area contributed by atoms with E-state index in [1.807, 2.05) is 60.7 Å². The van der Waals surface area contributed by atoms with Crippen LogP contribution >= 0.6 is 0 Å². The molecule has 0 amide bonds. The highest BCUT2D eigenvalue weighted by Gasteiger charge is 2.09. The average molecular weight is 392 g/mol. The molecule has 0 bridgehead atoms. The van der Waals surface area contributed by atoms with Crippen molar-refractivity contribution in [1.82, 2.24) is 4.98 Å². The highest BCUT2D eigenvalue weighted by molar-refractivity contribution is 6.03. The number of aryl methyl sites for hydroxylation is 1. The number of phenolic OH excluding ortho intramolecular Hbond substituents is 1. The summed E-state index contributed by atoms with van der Waals surface area (Å²) >= 11 is 0. The predicted molar refractivity (Wildman–Crippen MR) is 122 cm³/mol. The zero-order valence-corrected chi connectivity index (χ0v) is 16.5. The Labute approximate surface area is 174 Å². The Morgan fingerprint density at radius 3 is 2.77 bits per heavy atom. The van der Waals surface area contributed by atoms with Gasteiger partial charge in [-0.05, 0) is 59.2 Å². The molecule has 1 N–H and O–H groups in total. The van der Waals surface area contributed by atoms with Crippen molar-refractivity contribution in [2.75, 3.05) is 0 Å². The van der Waals surface area contributed by atoms with Crippen LogP contribution in [0.15, 0.2) is 88.3 Å². The molecule has 4 nitrogen and oxygen atoms in total. The molecule has 0 radical (unpaired) electrons. The number of aromatic hydroxyl groups is 1. The van der Waals surface area contributed by atoms with Crippen LogP contribution in [0, 0.1) is 0 Å². The van der Waals surface area contributed by atoms with Gasteiger partial charge in [0.1, 0.15) is 11.3 Å². The second kappa shape index (κ2) is 7.48. The van der Waals surface area contributed by atoms with Crippen LogP contribution in [0.25, 0.3) is 33.3 Å². The van der Waals surface area contributed by atoms with Crippen molar-refractivity contribution < 1.29 is 9.52 Å². The van der Waals surface area contributed by atoms with Gasteiger partial charge < -0.3 is 9.52 Å². The predicted octanol–water partition coefficient (Wildman–Crippen LogP) is 6.67. The average Bonchev–Trinajstić information content (AvgIpc) is 3.22. The number of aliphatic imine (C=N–C) groups is 1. The molecule has 1 heterocycles. The standard InChI is InChI=1S/C26H20N2O2/c1-2-17-10-13-25-23(14-17)28-26(30-25)19-7-5-8-20(15-19)27-16-22-21-9-4-3-6-18(21)11-12-24(22)29/h3-16,29H,2H2,1H3. The second-order valence-electron chi connectivity index (χ2n) is 7.20. The quantitative estimate of drug-likeness (QED) is 0.348. The van der Waals surface area contributed by atoms with Gasteiger partial charge in [0.15, 0.2) is 5.58 Å². The number of aromatic nitrogens is 1. The summed E-state index contributed by atoms with van der Waals surface area (Å²) in [5, 5.41) is 12.3. The monoisotopic (exact) mass is 392 g/mol. The molecular formula is C26H20N2O2. The van der Waals surface area contributed by atoms with Crippen LogP contribution in [-0.4, -0.2) is 16.3 Å². The molecule has 4 heteroatoms. The van der Waals surface area contributed by atoms with Gasteiger partial charge in [0.05, 0.1) is 5.69 Å². The maximum Gasteiger partial charge on any atom is 0.227 e. The van der Waals surface area contributed by atoms with E-state index in [0.29, 0.717) is 11.5 Å². The maximum atomic E-state index is 10.3. The molecule has 0 fully saturated rings. The van der Waals surface area contributed by atoms with Crippen LogP contribution in [0.4, 0.5) is 5.69 Å². The van der Waals surface area contributed by atoms with Gasteiger partial charge in [-0.25, -0.2) is 4.98 Å². The fourth-order valence-electron chi connectivity index (χ4n) is 3.59. The molecule has 0 aliphatic carbocycles. The molecule has 0 aliphatic rings. The number of benzene rings is 4. The first-order chi connectivity index (χ1) is 14.7. The van der Waals surface area contributed by atoms with Crippen molar-refractivity contribution in [3.63, 3.8) is 0 Å². The minimum atomic E-state index is 0.208. The third-order valence-electron chi connectivity index (χ3n) is 5.24. The zero-order chi connectivity index (χ0) is 20.5. The number of phenols is 1. The first-order valence-corrected chi connectivity index (χ1v) is 9.96. The van der Waals surface area contributed by atoms with E-state index in [9.17, 15) is 5.11 Å². The van der Waals surface area contributed by atoms with E-state index in [2.05, 4.69) is 29.0 Å². The van der Waals surface area contributed by atoms with Gasteiger partial charge in [-0.15, -0.1) is 0 Å².